The second kappa shape index (κ2) is 8.10. The SMILES string of the molecule is COc1ccc(Cl)cc1N([C@@H](C)C(=O)Nc1ccc(F)cc1F)S(C)(=O)=O. The Balaban J connectivity index is 2.42. The van der Waals surface area contributed by atoms with Gasteiger partial charge >= 0.3 is 0 Å². The fourth-order valence-electron chi connectivity index (χ4n) is 2.44. The third-order valence-corrected chi connectivity index (χ3v) is 5.12. The number of carbonyl (C=O) groups excluding carboxylic acids is 1. The van der Waals surface area contributed by atoms with Gasteiger partial charge in [-0.15, -0.1) is 0 Å². The number of nitrogens with zero attached hydrogens (tertiary/aromatic N) is 1. The molecule has 2 rings (SSSR count). The second-order valence-electron chi connectivity index (χ2n) is 5.66. The van der Waals surface area contributed by atoms with E-state index in [0.29, 0.717) is 6.07 Å². The summed E-state index contributed by atoms with van der Waals surface area (Å²) < 4.78 is 57.4. The van der Waals surface area contributed by atoms with Crippen LogP contribution in [0.4, 0.5) is 20.2 Å². The Morgan fingerprint density at radius 3 is 2.44 bits per heavy atom. The first-order valence-corrected chi connectivity index (χ1v) is 9.86. The summed E-state index contributed by atoms with van der Waals surface area (Å²) in [5, 5.41) is 2.48. The normalized spacial score (nSPS) is 12.4. The third-order valence-electron chi connectivity index (χ3n) is 3.66. The van der Waals surface area contributed by atoms with Crippen LogP contribution < -0.4 is 14.4 Å². The largest absolute Gasteiger partial charge is 0.495 e. The molecule has 2 aromatic carbocycles. The average molecular weight is 419 g/mol. The van der Waals surface area contributed by atoms with Crippen molar-refractivity contribution < 1.29 is 26.7 Å². The Bertz CT molecular complexity index is 969. The lowest BCUT2D eigenvalue weighted by molar-refractivity contribution is -0.116. The maximum absolute atomic E-state index is 13.8. The number of sulfonamides is 1. The van der Waals surface area contributed by atoms with Crippen molar-refractivity contribution in [3.63, 3.8) is 0 Å². The van der Waals surface area contributed by atoms with E-state index in [9.17, 15) is 22.0 Å². The van der Waals surface area contributed by atoms with Crippen LogP contribution in [0.2, 0.25) is 5.02 Å². The minimum atomic E-state index is -3.94. The highest BCUT2D eigenvalue weighted by molar-refractivity contribution is 7.92. The molecule has 10 heteroatoms. The van der Waals surface area contributed by atoms with Crippen molar-refractivity contribution in [2.24, 2.45) is 0 Å². The summed E-state index contributed by atoms with van der Waals surface area (Å²) in [6.07, 6.45) is 0.912. The molecule has 0 heterocycles. The first kappa shape index (κ1) is 20.9. The zero-order chi connectivity index (χ0) is 20.4. The van der Waals surface area contributed by atoms with Crippen LogP contribution in [0, 0.1) is 11.6 Å². The van der Waals surface area contributed by atoms with Gasteiger partial charge in [-0.2, -0.15) is 0 Å². The van der Waals surface area contributed by atoms with E-state index >= 15 is 0 Å². The quantitative estimate of drug-likeness (QED) is 0.779. The van der Waals surface area contributed by atoms with Crippen LogP contribution in [0.25, 0.3) is 0 Å². The molecule has 27 heavy (non-hydrogen) atoms. The Kier molecular flexibility index (Phi) is 6.27. The number of ether oxygens (including phenoxy) is 1. The van der Waals surface area contributed by atoms with Crippen molar-refractivity contribution in [1.82, 2.24) is 0 Å². The number of nitrogens with one attached hydrogen (secondary N) is 1. The van der Waals surface area contributed by atoms with Gasteiger partial charge < -0.3 is 10.1 Å². The minimum Gasteiger partial charge on any atom is -0.495 e. The van der Waals surface area contributed by atoms with Crippen LogP contribution in [-0.2, 0) is 14.8 Å². The highest BCUT2D eigenvalue weighted by Crippen LogP contribution is 2.34. The van der Waals surface area contributed by atoms with E-state index in [2.05, 4.69) is 5.32 Å². The molecule has 1 amide bonds. The first-order chi connectivity index (χ1) is 12.5. The Hall–Kier alpha value is -2.39. The summed E-state index contributed by atoms with van der Waals surface area (Å²) >= 11 is 5.95. The molecule has 0 aromatic heterocycles. The molecular formula is C17H17ClF2N2O4S. The van der Waals surface area contributed by atoms with E-state index in [4.69, 9.17) is 16.3 Å². The van der Waals surface area contributed by atoms with Crippen molar-refractivity contribution in [1.29, 1.82) is 0 Å². The Morgan fingerprint density at radius 2 is 1.89 bits per heavy atom. The van der Waals surface area contributed by atoms with Gasteiger partial charge in [0.2, 0.25) is 15.9 Å². The second-order valence-corrected chi connectivity index (χ2v) is 7.96. The van der Waals surface area contributed by atoms with Gasteiger partial charge in [-0.1, -0.05) is 11.6 Å². The van der Waals surface area contributed by atoms with Crippen molar-refractivity contribution >= 4 is 38.9 Å². The summed E-state index contributed by atoms with van der Waals surface area (Å²) in [4.78, 5) is 12.5. The van der Waals surface area contributed by atoms with E-state index in [0.717, 1.165) is 22.7 Å². The number of carbonyl (C=O) groups is 1. The molecule has 146 valence electrons. The highest BCUT2D eigenvalue weighted by atomic mass is 35.5. The number of hydrogen-bond donors (Lipinski definition) is 1. The molecule has 2 aromatic rings. The van der Waals surface area contributed by atoms with E-state index < -0.39 is 33.6 Å². The van der Waals surface area contributed by atoms with Crippen LogP contribution >= 0.6 is 11.6 Å². The van der Waals surface area contributed by atoms with Gasteiger partial charge in [0.25, 0.3) is 0 Å². The van der Waals surface area contributed by atoms with E-state index in [-0.39, 0.29) is 22.1 Å². The molecule has 0 bridgehead atoms. The lowest BCUT2D eigenvalue weighted by atomic mass is 10.2. The van der Waals surface area contributed by atoms with Gasteiger partial charge in [0.1, 0.15) is 23.4 Å². The maximum atomic E-state index is 13.8. The Labute approximate surface area is 160 Å². The number of rotatable bonds is 6. The standard InChI is InChI=1S/C17H17ClF2N2O4S/c1-10(17(23)21-14-6-5-12(19)9-13(14)20)22(27(3,24)25)15-8-11(18)4-7-16(15)26-2/h4-10H,1-3H3,(H,21,23)/t10-/m0/s1. The van der Waals surface area contributed by atoms with Crippen molar-refractivity contribution in [2.45, 2.75) is 13.0 Å². The third kappa shape index (κ3) is 4.86. The molecule has 0 unspecified atom stereocenters. The molecule has 0 saturated heterocycles. The summed E-state index contributed by atoms with van der Waals surface area (Å²) in [6.45, 7) is 1.32. The molecule has 0 fully saturated rings. The summed E-state index contributed by atoms with van der Waals surface area (Å²) in [7, 11) is -2.60. The maximum Gasteiger partial charge on any atom is 0.248 e. The van der Waals surface area contributed by atoms with Crippen LogP contribution in [0.15, 0.2) is 36.4 Å². The fraction of sp³-hybridized carbons (Fsp3) is 0.235. The van der Waals surface area contributed by atoms with Gasteiger partial charge in [0, 0.05) is 11.1 Å². The molecule has 0 aliphatic carbocycles. The molecule has 6 nitrogen and oxygen atoms in total. The molecule has 0 saturated carbocycles. The van der Waals surface area contributed by atoms with Crippen LogP contribution in [-0.4, -0.2) is 33.7 Å². The zero-order valence-electron chi connectivity index (χ0n) is 14.7. The number of benzene rings is 2. The van der Waals surface area contributed by atoms with Crippen LogP contribution in [0.3, 0.4) is 0 Å². The lowest BCUT2D eigenvalue weighted by Gasteiger charge is -2.29. The van der Waals surface area contributed by atoms with Gasteiger partial charge in [0.05, 0.1) is 24.7 Å². The number of anilines is 2. The van der Waals surface area contributed by atoms with Gasteiger partial charge in [-0.25, -0.2) is 17.2 Å². The summed E-state index contributed by atoms with van der Waals surface area (Å²) in [5.41, 5.74) is -0.227. The number of halogens is 3. The van der Waals surface area contributed by atoms with Gasteiger partial charge in [0.15, 0.2) is 0 Å². The molecule has 0 spiro atoms. The van der Waals surface area contributed by atoms with Crippen LogP contribution in [0.1, 0.15) is 6.92 Å². The van der Waals surface area contributed by atoms with Gasteiger partial charge in [-0.05, 0) is 37.3 Å². The summed E-state index contributed by atoms with van der Waals surface area (Å²) in [5.74, 6) is -2.44. The number of methoxy groups -OCH3 is 1. The smallest absolute Gasteiger partial charge is 0.248 e. The topological polar surface area (TPSA) is 75.7 Å². The average Bonchev–Trinajstić information content (AvgIpc) is 2.56. The minimum absolute atomic E-state index is 0.0507. The molecule has 1 atom stereocenters. The van der Waals surface area contributed by atoms with Crippen molar-refractivity contribution in [3.8, 4) is 5.75 Å². The van der Waals surface area contributed by atoms with Crippen molar-refractivity contribution in [3.05, 3.63) is 53.1 Å². The van der Waals surface area contributed by atoms with E-state index in [1.165, 1.54) is 32.2 Å². The molecular weight excluding hydrogens is 402 g/mol. The molecule has 1 N–H and O–H groups in total. The highest BCUT2D eigenvalue weighted by Gasteiger charge is 2.31. The monoisotopic (exact) mass is 418 g/mol. The first-order valence-electron chi connectivity index (χ1n) is 7.63. The summed E-state index contributed by atoms with van der Waals surface area (Å²) in [6, 6.07) is 5.64. The number of hydrogen-bond acceptors (Lipinski definition) is 4. The van der Waals surface area contributed by atoms with E-state index in [1.807, 2.05) is 0 Å². The van der Waals surface area contributed by atoms with Gasteiger partial charge in [-0.3, -0.25) is 9.10 Å². The molecule has 0 radical (unpaired) electrons. The molecule has 0 aliphatic heterocycles. The van der Waals surface area contributed by atoms with E-state index in [1.54, 1.807) is 0 Å². The number of amides is 1. The zero-order valence-corrected chi connectivity index (χ0v) is 16.2. The predicted octanol–water partition coefficient (Wildman–Crippen LogP) is 3.42. The predicted molar refractivity (Wildman–Crippen MR) is 99.8 cm³/mol. The fourth-order valence-corrected chi connectivity index (χ4v) is 3.78. The lowest BCUT2D eigenvalue weighted by Crippen LogP contribution is -2.45. The van der Waals surface area contributed by atoms with Crippen LogP contribution in [0.5, 0.6) is 5.75 Å². The Morgan fingerprint density at radius 1 is 1.22 bits per heavy atom. The van der Waals surface area contributed by atoms with Crippen molar-refractivity contribution in [2.75, 3.05) is 23.0 Å². The molecule has 0 aliphatic rings.